The Labute approximate surface area is 179 Å². The molecule has 1 aromatic carbocycles. The molecule has 0 saturated heterocycles. The van der Waals surface area contributed by atoms with E-state index in [1.807, 2.05) is 35.4 Å². The van der Waals surface area contributed by atoms with Gasteiger partial charge in [-0.15, -0.1) is 0 Å². The van der Waals surface area contributed by atoms with Crippen LogP contribution in [0, 0.1) is 0 Å². The van der Waals surface area contributed by atoms with Crippen molar-refractivity contribution < 1.29 is 9.63 Å². The van der Waals surface area contributed by atoms with E-state index in [9.17, 15) is 4.79 Å². The van der Waals surface area contributed by atoms with E-state index in [1.54, 1.807) is 0 Å². The van der Waals surface area contributed by atoms with E-state index in [-0.39, 0.29) is 5.97 Å². The number of unbranched alkanes of at least 4 members (excludes halogenated alkanes) is 10. The number of carbonyl (C=O) groups is 1. The molecule has 4 nitrogen and oxygen atoms in total. The number of hydrogen-bond donors (Lipinski definition) is 1. The average Bonchev–Trinajstić information content (AvgIpc) is 2.73. The van der Waals surface area contributed by atoms with Crippen LogP contribution >= 0.6 is 0 Å². The largest absolute Gasteiger partial charge is 0.615 e. The van der Waals surface area contributed by atoms with Crippen LogP contribution in [0.5, 0.6) is 0 Å². The highest BCUT2D eigenvalue weighted by Crippen LogP contribution is 2.10. The van der Waals surface area contributed by atoms with Gasteiger partial charge in [0.2, 0.25) is 0 Å². The minimum absolute atomic E-state index is 0.314. The Kier molecular flexibility index (Phi) is 15.4. The first-order valence-electron chi connectivity index (χ1n) is 11.9. The van der Waals surface area contributed by atoms with Gasteiger partial charge in [0.25, 0.3) is 0 Å². The van der Waals surface area contributed by atoms with E-state index >= 15 is 0 Å². The van der Waals surface area contributed by atoms with Crippen LogP contribution in [0.4, 0.5) is 0 Å². The molecule has 0 bridgehead atoms. The van der Waals surface area contributed by atoms with Crippen molar-refractivity contribution in [2.45, 2.75) is 103 Å². The summed E-state index contributed by atoms with van der Waals surface area (Å²) in [6.45, 7) is 6.09. The first-order valence-corrected chi connectivity index (χ1v) is 11.9. The highest BCUT2D eigenvalue weighted by molar-refractivity contribution is 5.75. The van der Waals surface area contributed by atoms with E-state index in [2.05, 4.69) is 13.8 Å². The van der Waals surface area contributed by atoms with Gasteiger partial charge in [0.15, 0.2) is 6.04 Å². The molecule has 4 heteroatoms. The lowest BCUT2D eigenvalue weighted by atomic mass is 10.1. The predicted molar refractivity (Wildman–Crippen MR) is 123 cm³/mol. The molecule has 1 radical (unpaired) electrons. The Balaban J connectivity index is 2.39. The number of rotatable bonds is 18. The van der Waals surface area contributed by atoms with Crippen molar-refractivity contribution in [2.24, 2.45) is 5.73 Å². The quantitative estimate of drug-likeness (QED) is 0.184. The fourth-order valence-corrected chi connectivity index (χ4v) is 3.49. The zero-order valence-electron chi connectivity index (χ0n) is 18.9. The molecule has 0 spiro atoms. The second-order valence-electron chi connectivity index (χ2n) is 8.17. The van der Waals surface area contributed by atoms with Crippen LogP contribution in [0.3, 0.4) is 0 Å². The van der Waals surface area contributed by atoms with Crippen molar-refractivity contribution in [3.8, 4) is 0 Å². The normalized spacial score (nSPS) is 12.3. The highest BCUT2D eigenvalue weighted by atomic mass is 16.7. The molecule has 1 rings (SSSR count). The molecule has 0 aliphatic carbocycles. The summed E-state index contributed by atoms with van der Waals surface area (Å²) in [5.74, 6) is -0.314. The molecule has 0 unspecified atom stereocenters. The molecule has 0 heterocycles. The monoisotopic (exact) mass is 404 g/mol. The molecule has 0 saturated carbocycles. The lowest BCUT2D eigenvalue weighted by Gasteiger charge is -2.14. The Hall–Kier alpha value is -1.39. The summed E-state index contributed by atoms with van der Waals surface area (Å²) in [5.41, 5.74) is 7.18. The van der Waals surface area contributed by atoms with E-state index in [0.717, 1.165) is 31.5 Å². The summed E-state index contributed by atoms with van der Waals surface area (Å²) in [5, 5.41) is 1.87. The van der Waals surface area contributed by atoms with E-state index in [0.29, 0.717) is 6.42 Å². The average molecular weight is 405 g/mol. The van der Waals surface area contributed by atoms with E-state index in [4.69, 9.17) is 10.6 Å². The molecule has 1 atom stereocenters. The molecule has 0 aliphatic rings. The molecule has 29 heavy (non-hydrogen) atoms. The fourth-order valence-electron chi connectivity index (χ4n) is 3.49. The Morgan fingerprint density at radius 1 is 0.828 bits per heavy atom. The maximum absolute atomic E-state index is 12.5. The number of benzene rings is 1. The summed E-state index contributed by atoms with van der Waals surface area (Å²) in [6.07, 6.45) is 15.3. The zero-order valence-corrected chi connectivity index (χ0v) is 18.9. The maximum Gasteiger partial charge on any atom is 0.615 e. The predicted octanol–water partition coefficient (Wildman–Crippen LogP) is 6.04. The Morgan fingerprint density at radius 3 is 1.83 bits per heavy atom. The van der Waals surface area contributed by atoms with Gasteiger partial charge in [-0.3, -0.25) is 0 Å². The van der Waals surface area contributed by atoms with Gasteiger partial charge in [-0.05, 0) is 23.5 Å². The summed E-state index contributed by atoms with van der Waals surface area (Å²) >= 11 is 0. The molecule has 0 aliphatic heterocycles. The number of nitrogens with zero attached hydrogens (tertiary/aromatic N) is 1. The third-order valence-electron chi connectivity index (χ3n) is 5.34. The molecule has 0 fully saturated rings. The van der Waals surface area contributed by atoms with Crippen LogP contribution in [0.1, 0.15) is 96.5 Å². The third-order valence-corrected chi connectivity index (χ3v) is 5.34. The second kappa shape index (κ2) is 17.5. The fraction of sp³-hybridized carbons (Fsp3) is 0.720. The standard InChI is InChI=1S/C25H44N2O2/c1-3-5-7-9-11-16-20-27(21-17-12-10-8-6-4-2)29-25(28)24(26)22-23-18-14-13-15-19-23/h13-15,18-19,24H,3-12,16-17,20-22,26H2,1-2H3/q+1/t24-/m0/s1. The second-order valence-corrected chi connectivity index (χ2v) is 8.17. The maximum atomic E-state index is 12.5. The van der Waals surface area contributed by atoms with Gasteiger partial charge in [0, 0.05) is 6.42 Å². The molecule has 0 amide bonds. The van der Waals surface area contributed by atoms with Crippen LogP contribution in [-0.4, -0.2) is 30.2 Å². The van der Waals surface area contributed by atoms with Crippen molar-refractivity contribution >= 4 is 5.97 Å². The molecular formula is C25H44N2O2+. The minimum atomic E-state index is -0.617. The number of carbonyl (C=O) groups excluding carboxylic acids is 1. The van der Waals surface area contributed by atoms with Crippen molar-refractivity contribution in [2.75, 3.05) is 13.1 Å². The molecule has 2 N–H and O–H groups in total. The van der Waals surface area contributed by atoms with Gasteiger partial charge in [0.05, 0.1) is 17.9 Å². The van der Waals surface area contributed by atoms with Gasteiger partial charge >= 0.3 is 5.97 Å². The van der Waals surface area contributed by atoms with Crippen molar-refractivity contribution in [3.05, 3.63) is 35.9 Å². The van der Waals surface area contributed by atoms with Gasteiger partial charge in [-0.2, -0.15) is 4.84 Å². The Morgan fingerprint density at radius 2 is 1.31 bits per heavy atom. The lowest BCUT2D eigenvalue weighted by molar-refractivity contribution is -0.193. The number of nitrogens with two attached hydrogens (primary N) is 1. The topological polar surface area (TPSA) is 58.4 Å². The molecule has 165 valence electrons. The zero-order chi connectivity index (χ0) is 21.2. The SMILES string of the molecule is CCCCCCCCN(CCCCCCCC)OC(=[O+])[C@@H](N)Cc1ccccc1. The van der Waals surface area contributed by atoms with Gasteiger partial charge in [0.1, 0.15) is 0 Å². The van der Waals surface area contributed by atoms with Crippen molar-refractivity contribution in [1.82, 2.24) is 5.06 Å². The van der Waals surface area contributed by atoms with Gasteiger partial charge in [-0.1, -0.05) is 108 Å². The van der Waals surface area contributed by atoms with Crippen molar-refractivity contribution in [1.29, 1.82) is 0 Å². The summed E-state index contributed by atoms with van der Waals surface area (Å²) in [6, 6.07) is 9.28. The summed E-state index contributed by atoms with van der Waals surface area (Å²) in [7, 11) is 0. The molecule has 0 aromatic heterocycles. The van der Waals surface area contributed by atoms with Gasteiger partial charge in [-0.25, -0.2) is 0 Å². The Bertz CT molecular complexity index is 491. The van der Waals surface area contributed by atoms with E-state index < -0.39 is 6.04 Å². The molecule has 1 aromatic rings. The first kappa shape index (κ1) is 25.6. The van der Waals surface area contributed by atoms with E-state index in [1.165, 1.54) is 64.2 Å². The van der Waals surface area contributed by atoms with Crippen molar-refractivity contribution in [3.63, 3.8) is 0 Å². The third kappa shape index (κ3) is 13.5. The smallest absolute Gasteiger partial charge is 0.313 e. The van der Waals surface area contributed by atoms with Crippen LogP contribution < -0.4 is 5.73 Å². The highest BCUT2D eigenvalue weighted by Gasteiger charge is 2.32. The van der Waals surface area contributed by atoms with Gasteiger partial charge < -0.3 is 5.73 Å². The first-order chi connectivity index (χ1) is 14.2. The van der Waals surface area contributed by atoms with Crippen LogP contribution in [0.2, 0.25) is 0 Å². The minimum Gasteiger partial charge on any atom is -0.313 e. The molecular weight excluding hydrogens is 360 g/mol. The number of hydroxylamine groups is 2. The van der Waals surface area contributed by atoms with Crippen LogP contribution in [-0.2, 0) is 16.1 Å². The lowest BCUT2D eigenvalue weighted by Crippen LogP contribution is -2.40. The van der Waals surface area contributed by atoms with Crippen LogP contribution in [0.15, 0.2) is 30.3 Å². The number of hydrogen-bond acceptors (Lipinski definition) is 4. The summed E-state index contributed by atoms with van der Waals surface area (Å²) < 4.78 is 0. The summed E-state index contributed by atoms with van der Waals surface area (Å²) in [4.78, 5) is 18.2. The van der Waals surface area contributed by atoms with Crippen LogP contribution in [0.25, 0.3) is 0 Å².